The van der Waals surface area contributed by atoms with E-state index in [1.54, 1.807) is 4.90 Å². The van der Waals surface area contributed by atoms with Crippen LogP contribution in [-0.2, 0) is 4.74 Å². The molecule has 2 rings (SSSR count). The quantitative estimate of drug-likeness (QED) is 0.659. The average molecular weight is 405 g/mol. The molecule has 0 radical (unpaired) electrons. The maximum absolute atomic E-state index is 12.2. The van der Waals surface area contributed by atoms with Crippen molar-refractivity contribution in [3.05, 3.63) is 24.3 Å². The second kappa shape index (κ2) is 10.9. The minimum absolute atomic E-state index is 0.166. The molecule has 0 aromatic heterocycles. The summed E-state index contributed by atoms with van der Waals surface area (Å²) in [4.78, 5) is 28.1. The van der Waals surface area contributed by atoms with Gasteiger partial charge >= 0.3 is 12.1 Å². The van der Waals surface area contributed by atoms with E-state index in [2.05, 4.69) is 22.5 Å². The fraction of sp³-hybridized carbons (Fsp3) is 0.636. The number of anilines is 2. The van der Waals surface area contributed by atoms with Crippen LogP contribution in [0, 0.1) is 0 Å². The molecule has 1 aromatic rings. The summed E-state index contributed by atoms with van der Waals surface area (Å²) in [6.45, 7) is 11.3. The topological polar surface area (TPSA) is 73.9 Å². The summed E-state index contributed by atoms with van der Waals surface area (Å²) in [7, 11) is 0. The van der Waals surface area contributed by atoms with Crippen molar-refractivity contribution in [3.63, 3.8) is 0 Å². The predicted molar refractivity (Wildman–Crippen MR) is 118 cm³/mol. The van der Waals surface area contributed by atoms with E-state index in [0.717, 1.165) is 37.3 Å². The molecule has 162 valence electrons. The molecule has 7 nitrogen and oxygen atoms in total. The molecule has 1 fully saturated rings. The van der Waals surface area contributed by atoms with Crippen LogP contribution in [0.4, 0.5) is 21.0 Å². The Morgan fingerprint density at radius 2 is 1.66 bits per heavy atom. The number of urea groups is 1. The lowest BCUT2D eigenvalue weighted by Gasteiger charge is -2.36. The van der Waals surface area contributed by atoms with E-state index in [4.69, 9.17) is 4.74 Å². The zero-order chi connectivity index (χ0) is 21.3. The molecular formula is C22H36N4O3. The number of hydrogen-bond donors (Lipinski definition) is 2. The lowest BCUT2D eigenvalue weighted by atomic mass is 10.2. The molecule has 1 heterocycles. The fourth-order valence-electron chi connectivity index (χ4n) is 3.16. The maximum Gasteiger partial charge on any atom is 0.410 e. The van der Waals surface area contributed by atoms with Crippen molar-refractivity contribution in [1.82, 2.24) is 10.2 Å². The first-order chi connectivity index (χ1) is 13.8. The molecule has 7 heteroatoms. The van der Waals surface area contributed by atoms with E-state index in [1.807, 2.05) is 45.0 Å². The highest BCUT2D eigenvalue weighted by Crippen LogP contribution is 2.20. The van der Waals surface area contributed by atoms with Crippen molar-refractivity contribution in [2.24, 2.45) is 0 Å². The van der Waals surface area contributed by atoms with Gasteiger partial charge in [-0.25, -0.2) is 9.59 Å². The third-order valence-electron chi connectivity index (χ3n) is 4.74. The Morgan fingerprint density at radius 1 is 1.00 bits per heavy atom. The van der Waals surface area contributed by atoms with E-state index in [-0.39, 0.29) is 12.1 Å². The fourth-order valence-corrected chi connectivity index (χ4v) is 3.16. The first kappa shape index (κ1) is 22.8. The lowest BCUT2D eigenvalue weighted by Crippen LogP contribution is -2.50. The van der Waals surface area contributed by atoms with Crippen molar-refractivity contribution in [1.29, 1.82) is 0 Å². The van der Waals surface area contributed by atoms with E-state index in [1.165, 1.54) is 12.8 Å². The number of ether oxygens (including phenoxy) is 1. The molecule has 0 atom stereocenters. The normalized spacial score (nSPS) is 14.5. The van der Waals surface area contributed by atoms with Gasteiger partial charge in [0.15, 0.2) is 0 Å². The average Bonchev–Trinajstić information content (AvgIpc) is 2.67. The van der Waals surface area contributed by atoms with Crippen molar-refractivity contribution >= 4 is 23.5 Å². The summed E-state index contributed by atoms with van der Waals surface area (Å²) in [6.07, 6.45) is 4.30. The van der Waals surface area contributed by atoms with Gasteiger partial charge in [-0.15, -0.1) is 0 Å². The van der Waals surface area contributed by atoms with Gasteiger partial charge in [-0.2, -0.15) is 0 Å². The Morgan fingerprint density at radius 3 is 2.24 bits per heavy atom. The summed E-state index contributed by atoms with van der Waals surface area (Å²) in [6, 6.07) is 7.65. The molecule has 0 aliphatic carbocycles. The number of unbranched alkanes of at least 4 members (excludes halogenated alkanes) is 3. The number of amides is 3. The molecule has 1 aliphatic rings. The molecule has 1 saturated heterocycles. The smallest absolute Gasteiger partial charge is 0.410 e. The van der Waals surface area contributed by atoms with Gasteiger partial charge in [0.2, 0.25) is 0 Å². The van der Waals surface area contributed by atoms with Crippen LogP contribution in [0.15, 0.2) is 24.3 Å². The Labute approximate surface area is 174 Å². The van der Waals surface area contributed by atoms with Gasteiger partial charge in [-0.1, -0.05) is 26.2 Å². The van der Waals surface area contributed by atoms with E-state index in [9.17, 15) is 9.59 Å². The van der Waals surface area contributed by atoms with Crippen molar-refractivity contribution in [2.45, 2.75) is 59.0 Å². The third-order valence-corrected chi connectivity index (χ3v) is 4.74. The number of carbonyl (C=O) groups excluding carboxylic acids is 2. The number of hydrogen-bond acceptors (Lipinski definition) is 4. The van der Waals surface area contributed by atoms with Gasteiger partial charge in [0.05, 0.1) is 0 Å². The van der Waals surface area contributed by atoms with Crippen LogP contribution < -0.4 is 15.5 Å². The zero-order valence-corrected chi connectivity index (χ0v) is 18.3. The Hall–Kier alpha value is -2.44. The van der Waals surface area contributed by atoms with Gasteiger partial charge in [-0.3, -0.25) is 0 Å². The van der Waals surface area contributed by atoms with Crippen LogP contribution in [0.5, 0.6) is 0 Å². The number of carbonyl (C=O) groups is 2. The van der Waals surface area contributed by atoms with E-state index >= 15 is 0 Å². The van der Waals surface area contributed by atoms with Crippen molar-refractivity contribution in [2.75, 3.05) is 42.9 Å². The first-order valence-electron chi connectivity index (χ1n) is 10.7. The minimum Gasteiger partial charge on any atom is -0.444 e. The second-order valence-corrected chi connectivity index (χ2v) is 8.44. The maximum atomic E-state index is 12.2. The Bertz CT molecular complexity index is 647. The molecule has 3 amide bonds. The van der Waals surface area contributed by atoms with Crippen LogP contribution in [-0.4, -0.2) is 55.3 Å². The molecule has 0 unspecified atom stereocenters. The number of nitrogens with one attached hydrogen (secondary N) is 2. The van der Waals surface area contributed by atoms with Crippen LogP contribution in [0.1, 0.15) is 53.4 Å². The highest BCUT2D eigenvalue weighted by atomic mass is 16.6. The highest BCUT2D eigenvalue weighted by Gasteiger charge is 2.25. The van der Waals surface area contributed by atoms with Gasteiger partial charge in [0.1, 0.15) is 5.60 Å². The van der Waals surface area contributed by atoms with Gasteiger partial charge in [-0.05, 0) is 51.5 Å². The molecule has 1 aromatic carbocycles. The van der Waals surface area contributed by atoms with Gasteiger partial charge in [0, 0.05) is 44.1 Å². The van der Waals surface area contributed by atoms with Crippen LogP contribution in [0.3, 0.4) is 0 Å². The van der Waals surface area contributed by atoms with Crippen molar-refractivity contribution in [3.8, 4) is 0 Å². The monoisotopic (exact) mass is 404 g/mol. The lowest BCUT2D eigenvalue weighted by molar-refractivity contribution is 0.0240. The Balaban J connectivity index is 1.75. The Kier molecular flexibility index (Phi) is 8.61. The molecule has 2 N–H and O–H groups in total. The SMILES string of the molecule is CCCCCCNC(=O)Nc1ccc(N2CCN(C(=O)OC(C)(C)C)CC2)cc1. The summed E-state index contributed by atoms with van der Waals surface area (Å²) in [5.41, 5.74) is 1.38. The predicted octanol–water partition coefficient (Wildman–Crippen LogP) is 4.45. The summed E-state index contributed by atoms with van der Waals surface area (Å²) < 4.78 is 5.44. The molecule has 0 saturated carbocycles. The van der Waals surface area contributed by atoms with Gasteiger partial charge in [0.25, 0.3) is 0 Å². The standard InChI is InChI=1S/C22H36N4O3/c1-5-6-7-8-13-23-20(27)24-18-9-11-19(12-10-18)25-14-16-26(17-15-25)21(28)29-22(2,3)4/h9-12H,5-8,13-17H2,1-4H3,(H2,23,24,27). The van der Waals surface area contributed by atoms with Crippen LogP contribution >= 0.6 is 0 Å². The number of nitrogens with zero attached hydrogens (tertiary/aromatic N) is 2. The zero-order valence-electron chi connectivity index (χ0n) is 18.3. The minimum atomic E-state index is -0.473. The largest absolute Gasteiger partial charge is 0.444 e. The number of benzene rings is 1. The molecule has 0 bridgehead atoms. The summed E-state index contributed by atoms with van der Waals surface area (Å²) in [5, 5.41) is 5.76. The molecule has 0 spiro atoms. The number of rotatable bonds is 7. The summed E-state index contributed by atoms with van der Waals surface area (Å²) >= 11 is 0. The van der Waals surface area contributed by atoms with Crippen LogP contribution in [0.25, 0.3) is 0 Å². The van der Waals surface area contributed by atoms with Gasteiger partial charge < -0.3 is 25.2 Å². The first-order valence-corrected chi connectivity index (χ1v) is 10.7. The van der Waals surface area contributed by atoms with Crippen molar-refractivity contribution < 1.29 is 14.3 Å². The van der Waals surface area contributed by atoms with E-state index in [0.29, 0.717) is 19.6 Å². The van der Waals surface area contributed by atoms with E-state index < -0.39 is 5.60 Å². The molecule has 1 aliphatic heterocycles. The highest BCUT2D eigenvalue weighted by molar-refractivity contribution is 5.89. The number of piperazine rings is 1. The van der Waals surface area contributed by atoms with Crippen LogP contribution in [0.2, 0.25) is 0 Å². The molecular weight excluding hydrogens is 368 g/mol. The molecule has 29 heavy (non-hydrogen) atoms. The summed E-state index contributed by atoms with van der Waals surface area (Å²) in [5.74, 6) is 0. The second-order valence-electron chi connectivity index (χ2n) is 8.44. The third kappa shape index (κ3) is 8.21.